The molecule has 0 aromatic rings. The highest BCUT2D eigenvalue weighted by atomic mass is 35.5. The summed E-state index contributed by atoms with van der Waals surface area (Å²) in [6.07, 6.45) is 4.89. The van der Waals surface area contributed by atoms with Gasteiger partial charge in [-0.25, -0.2) is 0 Å². The largest absolute Gasteiger partial charge is 0.309 e. The number of halogens is 1. The molecule has 0 bridgehead atoms. The zero-order valence-corrected chi connectivity index (χ0v) is 13.2. The molecule has 0 radical (unpaired) electrons. The molecule has 0 rings (SSSR count). The molecule has 0 aromatic carbocycles. The van der Waals surface area contributed by atoms with Crippen LogP contribution in [0.5, 0.6) is 0 Å². The van der Waals surface area contributed by atoms with Crippen molar-refractivity contribution in [3.8, 4) is 0 Å². The van der Waals surface area contributed by atoms with Crippen molar-refractivity contribution in [2.75, 3.05) is 46.7 Å². The van der Waals surface area contributed by atoms with Gasteiger partial charge in [-0.3, -0.25) is 0 Å². The molecule has 2 nitrogen and oxygen atoms in total. The minimum atomic E-state index is 0.392. The van der Waals surface area contributed by atoms with Gasteiger partial charge in [0.1, 0.15) is 0 Å². The van der Waals surface area contributed by atoms with Crippen molar-refractivity contribution in [1.29, 1.82) is 0 Å². The number of hydrogen-bond acceptors (Lipinski definition) is 2. The van der Waals surface area contributed by atoms with Gasteiger partial charge < -0.3 is 9.80 Å². The van der Waals surface area contributed by atoms with Crippen LogP contribution in [0.1, 0.15) is 39.5 Å². The SMILES string of the molecule is CCCC(C)(CCCl)CN(C)CCCN(C)C. The molecule has 0 aliphatic heterocycles. The van der Waals surface area contributed by atoms with E-state index in [-0.39, 0.29) is 0 Å². The van der Waals surface area contributed by atoms with Gasteiger partial charge in [0.15, 0.2) is 0 Å². The third-order valence-electron chi connectivity index (χ3n) is 3.35. The van der Waals surface area contributed by atoms with Crippen LogP contribution in [-0.2, 0) is 0 Å². The first-order valence-corrected chi connectivity index (χ1v) is 7.36. The minimum absolute atomic E-state index is 0.392. The summed E-state index contributed by atoms with van der Waals surface area (Å²) in [7, 11) is 6.50. The van der Waals surface area contributed by atoms with Crippen molar-refractivity contribution in [1.82, 2.24) is 9.80 Å². The molecule has 0 N–H and O–H groups in total. The third kappa shape index (κ3) is 8.87. The van der Waals surface area contributed by atoms with Crippen molar-refractivity contribution < 1.29 is 0 Å². The van der Waals surface area contributed by atoms with Crippen LogP contribution in [0.2, 0.25) is 0 Å². The smallest absolute Gasteiger partial charge is 0.0229 e. The van der Waals surface area contributed by atoms with Gasteiger partial charge in [0.2, 0.25) is 0 Å². The van der Waals surface area contributed by atoms with E-state index in [1.807, 2.05) is 0 Å². The fourth-order valence-electron chi connectivity index (χ4n) is 2.50. The molecule has 0 saturated carbocycles. The highest BCUT2D eigenvalue weighted by molar-refractivity contribution is 6.17. The van der Waals surface area contributed by atoms with Crippen LogP contribution < -0.4 is 0 Å². The number of alkyl halides is 1. The van der Waals surface area contributed by atoms with E-state index in [1.165, 1.54) is 38.9 Å². The van der Waals surface area contributed by atoms with E-state index >= 15 is 0 Å². The molecule has 17 heavy (non-hydrogen) atoms. The normalized spacial score (nSPS) is 15.5. The van der Waals surface area contributed by atoms with Crippen LogP contribution in [0.15, 0.2) is 0 Å². The Hall–Kier alpha value is 0.210. The second-order valence-corrected chi connectivity index (χ2v) is 6.27. The molecule has 0 spiro atoms. The number of hydrogen-bond donors (Lipinski definition) is 0. The van der Waals surface area contributed by atoms with Gasteiger partial charge in [0, 0.05) is 12.4 Å². The first-order chi connectivity index (χ1) is 7.93. The molecular formula is C14H31ClN2. The van der Waals surface area contributed by atoms with Crippen LogP contribution in [0.25, 0.3) is 0 Å². The van der Waals surface area contributed by atoms with Gasteiger partial charge in [0.25, 0.3) is 0 Å². The first kappa shape index (κ1) is 17.2. The molecule has 0 aliphatic rings. The Bertz CT molecular complexity index is 177. The molecule has 1 atom stereocenters. The van der Waals surface area contributed by atoms with Crippen LogP contribution in [0.4, 0.5) is 0 Å². The van der Waals surface area contributed by atoms with Gasteiger partial charge in [-0.15, -0.1) is 11.6 Å². The molecule has 104 valence electrons. The Labute approximate surface area is 113 Å². The fraction of sp³-hybridized carbons (Fsp3) is 1.00. The van der Waals surface area contributed by atoms with E-state index in [0.717, 1.165) is 12.3 Å². The van der Waals surface area contributed by atoms with E-state index in [4.69, 9.17) is 11.6 Å². The Kier molecular flexibility index (Phi) is 9.29. The second kappa shape index (κ2) is 9.18. The summed E-state index contributed by atoms with van der Waals surface area (Å²) in [5.74, 6) is 0.780. The van der Waals surface area contributed by atoms with Crippen molar-refractivity contribution in [2.45, 2.75) is 39.5 Å². The van der Waals surface area contributed by atoms with Crippen LogP contribution in [-0.4, -0.2) is 56.5 Å². The quantitative estimate of drug-likeness (QED) is 0.558. The summed E-state index contributed by atoms with van der Waals surface area (Å²) >= 11 is 5.93. The highest BCUT2D eigenvalue weighted by Gasteiger charge is 2.24. The van der Waals surface area contributed by atoms with Crippen molar-refractivity contribution in [3.63, 3.8) is 0 Å². The lowest BCUT2D eigenvalue weighted by Crippen LogP contribution is -2.35. The molecule has 0 aliphatic carbocycles. The zero-order valence-electron chi connectivity index (χ0n) is 12.4. The van der Waals surface area contributed by atoms with E-state index in [9.17, 15) is 0 Å². The summed E-state index contributed by atoms with van der Waals surface area (Å²) in [4.78, 5) is 4.71. The Morgan fingerprint density at radius 2 is 1.71 bits per heavy atom. The molecule has 1 unspecified atom stereocenters. The van der Waals surface area contributed by atoms with E-state index in [1.54, 1.807) is 0 Å². The topological polar surface area (TPSA) is 6.48 Å². The highest BCUT2D eigenvalue weighted by Crippen LogP contribution is 2.29. The standard InChI is InChI=1S/C14H31ClN2/c1-6-8-14(2,9-10-15)13-17(5)12-7-11-16(3)4/h6-13H2,1-5H3. The van der Waals surface area contributed by atoms with Crippen LogP contribution in [0, 0.1) is 5.41 Å². The Morgan fingerprint density at radius 3 is 2.18 bits per heavy atom. The third-order valence-corrected chi connectivity index (χ3v) is 3.54. The Balaban J connectivity index is 3.98. The fourth-order valence-corrected chi connectivity index (χ4v) is 2.96. The average molecular weight is 263 g/mol. The van der Waals surface area contributed by atoms with Crippen LogP contribution >= 0.6 is 11.6 Å². The molecule has 0 saturated heterocycles. The van der Waals surface area contributed by atoms with Gasteiger partial charge in [-0.05, 0) is 58.9 Å². The predicted molar refractivity (Wildman–Crippen MR) is 79.0 cm³/mol. The maximum Gasteiger partial charge on any atom is 0.0229 e. The van der Waals surface area contributed by atoms with Gasteiger partial charge in [-0.1, -0.05) is 20.3 Å². The Morgan fingerprint density at radius 1 is 1.06 bits per heavy atom. The second-order valence-electron chi connectivity index (χ2n) is 5.89. The number of nitrogens with zero attached hydrogens (tertiary/aromatic N) is 2. The predicted octanol–water partition coefficient (Wildman–Crippen LogP) is 3.31. The molecular weight excluding hydrogens is 232 g/mol. The monoisotopic (exact) mass is 262 g/mol. The van der Waals surface area contributed by atoms with E-state index in [2.05, 4.69) is 44.8 Å². The van der Waals surface area contributed by atoms with Crippen molar-refractivity contribution in [2.24, 2.45) is 5.41 Å². The maximum atomic E-state index is 5.93. The minimum Gasteiger partial charge on any atom is -0.309 e. The summed E-state index contributed by atoms with van der Waals surface area (Å²) in [5.41, 5.74) is 0.392. The van der Waals surface area contributed by atoms with Gasteiger partial charge in [-0.2, -0.15) is 0 Å². The van der Waals surface area contributed by atoms with Crippen molar-refractivity contribution in [3.05, 3.63) is 0 Å². The molecule has 0 aromatic heterocycles. The molecule has 0 amide bonds. The summed E-state index contributed by atoms with van der Waals surface area (Å²) < 4.78 is 0. The van der Waals surface area contributed by atoms with Crippen LogP contribution in [0.3, 0.4) is 0 Å². The van der Waals surface area contributed by atoms with E-state index < -0.39 is 0 Å². The molecule has 0 fully saturated rings. The lowest BCUT2D eigenvalue weighted by atomic mass is 9.82. The maximum absolute atomic E-state index is 5.93. The van der Waals surface area contributed by atoms with Gasteiger partial charge in [0.05, 0.1) is 0 Å². The average Bonchev–Trinajstić information content (AvgIpc) is 2.16. The summed E-state index contributed by atoms with van der Waals surface area (Å²) in [5, 5.41) is 0. The summed E-state index contributed by atoms with van der Waals surface area (Å²) in [6, 6.07) is 0. The molecule has 3 heteroatoms. The number of rotatable bonds is 10. The first-order valence-electron chi connectivity index (χ1n) is 6.83. The van der Waals surface area contributed by atoms with E-state index in [0.29, 0.717) is 5.41 Å². The lowest BCUT2D eigenvalue weighted by molar-refractivity contribution is 0.168. The lowest BCUT2D eigenvalue weighted by Gasteiger charge is -2.33. The van der Waals surface area contributed by atoms with Crippen molar-refractivity contribution >= 4 is 11.6 Å². The molecule has 0 heterocycles. The summed E-state index contributed by atoms with van der Waals surface area (Å²) in [6.45, 7) is 8.16. The van der Waals surface area contributed by atoms with Gasteiger partial charge >= 0.3 is 0 Å². The zero-order chi connectivity index (χ0) is 13.3.